The first-order chi connectivity index (χ1) is 7.27. The fourth-order valence-electron chi connectivity index (χ4n) is 2.49. The molecule has 0 saturated carbocycles. The van der Waals surface area contributed by atoms with Gasteiger partial charge in [-0.25, -0.2) is 0 Å². The van der Waals surface area contributed by atoms with Gasteiger partial charge >= 0.3 is 0 Å². The predicted molar refractivity (Wildman–Crippen MR) is 67.8 cm³/mol. The van der Waals surface area contributed by atoms with Gasteiger partial charge in [0.1, 0.15) is 0 Å². The Balaban J connectivity index is 2.01. The van der Waals surface area contributed by atoms with Crippen LogP contribution in [-0.4, -0.2) is 57.3 Å². The van der Waals surface area contributed by atoms with Crippen molar-refractivity contribution in [1.82, 2.24) is 4.90 Å². The molecule has 5 heteroatoms. The van der Waals surface area contributed by atoms with Gasteiger partial charge < -0.3 is 5.73 Å². The predicted octanol–water partition coefficient (Wildman–Crippen LogP) is 0.275. The molecule has 0 aromatic carbocycles. The first-order valence-corrected chi connectivity index (χ1v) is 8.29. The molecule has 2 fully saturated rings. The second-order valence-electron chi connectivity index (χ2n) is 4.42. The van der Waals surface area contributed by atoms with E-state index >= 15 is 0 Å². The fourth-order valence-corrected chi connectivity index (χ4v) is 4.86. The van der Waals surface area contributed by atoms with Crippen molar-refractivity contribution in [3.63, 3.8) is 0 Å². The average molecular weight is 248 g/mol. The molecule has 88 valence electrons. The Kier molecular flexibility index (Phi) is 4.10. The van der Waals surface area contributed by atoms with E-state index in [4.69, 9.17) is 5.73 Å². The van der Waals surface area contributed by atoms with Crippen LogP contribution in [0, 0.1) is 0 Å². The molecule has 0 radical (unpaired) electrons. The van der Waals surface area contributed by atoms with Crippen LogP contribution in [0.1, 0.15) is 12.8 Å². The summed E-state index contributed by atoms with van der Waals surface area (Å²) in [5, 5.41) is 0. The molecule has 3 nitrogen and oxygen atoms in total. The van der Waals surface area contributed by atoms with Crippen LogP contribution in [0.25, 0.3) is 0 Å². The summed E-state index contributed by atoms with van der Waals surface area (Å²) in [6, 6.07) is 0. The molecule has 2 aliphatic rings. The number of hydrogen-bond donors (Lipinski definition) is 1. The minimum atomic E-state index is -0.575. The van der Waals surface area contributed by atoms with Gasteiger partial charge in [-0.05, 0) is 18.6 Å². The van der Waals surface area contributed by atoms with Gasteiger partial charge in [-0.15, -0.1) is 0 Å². The van der Waals surface area contributed by atoms with E-state index in [0.717, 1.165) is 36.9 Å². The van der Waals surface area contributed by atoms with Crippen molar-refractivity contribution >= 4 is 22.6 Å². The zero-order valence-electron chi connectivity index (χ0n) is 9.11. The molecular weight excluding hydrogens is 228 g/mol. The highest BCUT2D eigenvalue weighted by atomic mass is 32.2. The number of nitrogens with zero attached hydrogens (tertiary/aromatic N) is 1. The second kappa shape index (κ2) is 5.17. The molecule has 1 unspecified atom stereocenters. The molecule has 0 aromatic rings. The van der Waals surface area contributed by atoms with Crippen molar-refractivity contribution in [1.29, 1.82) is 0 Å². The standard InChI is InChI=1S/C10H20N2OS2/c11-8-10(2-1-5-14-9-10)12-3-6-15(13)7-4-12/h1-9,11H2. The molecule has 2 aliphatic heterocycles. The molecule has 2 saturated heterocycles. The Bertz CT molecular complexity index is 232. The highest BCUT2D eigenvalue weighted by Crippen LogP contribution is 2.32. The van der Waals surface area contributed by atoms with Crippen LogP contribution in [0.4, 0.5) is 0 Å². The first kappa shape index (κ1) is 11.9. The Hall–Kier alpha value is 0.420. The van der Waals surface area contributed by atoms with E-state index in [-0.39, 0.29) is 5.54 Å². The smallest absolute Gasteiger partial charge is 0.0422 e. The molecule has 2 rings (SSSR count). The Morgan fingerprint density at radius 1 is 1.40 bits per heavy atom. The minimum absolute atomic E-state index is 0.216. The summed E-state index contributed by atoms with van der Waals surface area (Å²) < 4.78 is 11.3. The first-order valence-electron chi connectivity index (χ1n) is 5.65. The van der Waals surface area contributed by atoms with Crippen molar-refractivity contribution in [3.8, 4) is 0 Å². The third-order valence-electron chi connectivity index (χ3n) is 3.53. The maximum absolute atomic E-state index is 11.3. The summed E-state index contributed by atoms with van der Waals surface area (Å²) in [7, 11) is -0.575. The van der Waals surface area contributed by atoms with Gasteiger partial charge in [0.15, 0.2) is 0 Å². The van der Waals surface area contributed by atoms with Gasteiger partial charge in [0.05, 0.1) is 0 Å². The molecule has 0 spiro atoms. The monoisotopic (exact) mass is 248 g/mol. The topological polar surface area (TPSA) is 46.3 Å². The van der Waals surface area contributed by atoms with Crippen molar-refractivity contribution in [3.05, 3.63) is 0 Å². The summed E-state index contributed by atoms with van der Waals surface area (Å²) in [4.78, 5) is 2.50. The lowest BCUT2D eigenvalue weighted by atomic mass is 9.93. The molecule has 0 amide bonds. The zero-order chi connectivity index (χ0) is 10.7. The van der Waals surface area contributed by atoms with Crippen molar-refractivity contribution in [2.75, 3.05) is 42.6 Å². The number of rotatable bonds is 2. The van der Waals surface area contributed by atoms with Gasteiger partial charge in [-0.2, -0.15) is 11.8 Å². The Morgan fingerprint density at radius 3 is 2.67 bits per heavy atom. The van der Waals surface area contributed by atoms with Crippen molar-refractivity contribution in [2.24, 2.45) is 5.73 Å². The Labute approximate surface area is 98.6 Å². The van der Waals surface area contributed by atoms with E-state index < -0.39 is 10.8 Å². The molecule has 0 aliphatic carbocycles. The van der Waals surface area contributed by atoms with Crippen LogP contribution in [0.2, 0.25) is 0 Å². The van der Waals surface area contributed by atoms with Gasteiger partial charge in [-0.3, -0.25) is 9.11 Å². The molecule has 2 heterocycles. The number of thioether (sulfide) groups is 1. The maximum Gasteiger partial charge on any atom is 0.0422 e. The molecule has 15 heavy (non-hydrogen) atoms. The normalized spacial score (nSPS) is 35.5. The molecule has 0 aromatic heterocycles. The summed E-state index contributed by atoms with van der Waals surface area (Å²) in [5.74, 6) is 4.12. The van der Waals surface area contributed by atoms with E-state index in [1.54, 1.807) is 0 Å². The lowest BCUT2D eigenvalue weighted by Crippen LogP contribution is -2.60. The summed E-state index contributed by atoms with van der Waals surface area (Å²) >= 11 is 2.02. The largest absolute Gasteiger partial charge is 0.329 e. The molecule has 0 bridgehead atoms. The van der Waals surface area contributed by atoms with Gasteiger partial charge in [-0.1, -0.05) is 0 Å². The molecular formula is C10H20N2OS2. The van der Waals surface area contributed by atoms with E-state index in [9.17, 15) is 4.21 Å². The van der Waals surface area contributed by atoms with Gasteiger partial charge in [0, 0.05) is 53.2 Å². The van der Waals surface area contributed by atoms with E-state index in [0.29, 0.717) is 0 Å². The van der Waals surface area contributed by atoms with Gasteiger partial charge in [0.25, 0.3) is 0 Å². The number of hydrogen-bond acceptors (Lipinski definition) is 4. The third-order valence-corrected chi connectivity index (χ3v) is 6.12. The summed E-state index contributed by atoms with van der Waals surface area (Å²) in [6.07, 6.45) is 2.50. The quantitative estimate of drug-likeness (QED) is 0.762. The van der Waals surface area contributed by atoms with E-state index in [1.165, 1.54) is 18.6 Å². The highest BCUT2D eigenvalue weighted by molar-refractivity contribution is 7.99. The van der Waals surface area contributed by atoms with Crippen molar-refractivity contribution < 1.29 is 4.21 Å². The van der Waals surface area contributed by atoms with Crippen LogP contribution in [0.15, 0.2) is 0 Å². The summed E-state index contributed by atoms with van der Waals surface area (Å²) in [5.41, 5.74) is 6.19. The second-order valence-corrected chi connectivity index (χ2v) is 7.22. The third kappa shape index (κ3) is 2.57. The van der Waals surface area contributed by atoms with Crippen LogP contribution >= 0.6 is 11.8 Å². The van der Waals surface area contributed by atoms with E-state index in [2.05, 4.69) is 4.90 Å². The minimum Gasteiger partial charge on any atom is -0.329 e. The van der Waals surface area contributed by atoms with E-state index in [1.807, 2.05) is 11.8 Å². The SMILES string of the molecule is NCC1(N2CCS(=O)CC2)CCCSC1. The lowest BCUT2D eigenvalue weighted by molar-refractivity contribution is 0.114. The van der Waals surface area contributed by atoms with Crippen LogP contribution in [-0.2, 0) is 10.8 Å². The Morgan fingerprint density at radius 2 is 2.13 bits per heavy atom. The van der Waals surface area contributed by atoms with Crippen LogP contribution < -0.4 is 5.73 Å². The molecule has 1 atom stereocenters. The lowest BCUT2D eigenvalue weighted by Gasteiger charge is -2.47. The maximum atomic E-state index is 11.3. The zero-order valence-corrected chi connectivity index (χ0v) is 10.7. The molecule has 2 N–H and O–H groups in total. The summed E-state index contributed by atoms with van der Waals surface area (Å²) in [6.45, 7) is 2.71. The fraction of sp³-hybridized carbons (Fsp3) is 1.00. The van der Waals surface area contributed by atoms with Crippen LogP contribution in [0.5, 0.6) is 0 Å². The van der Waals surface area contributed by atoms with Crippen molar-refractivity contribution in [2.45, 2.75) is 18.4 Å². The van der Waals surface area contributed by atoms with Gasteiger partial charge in [0.2, 0.25) is 0 Å². The number of nitrogens with two attached hydrogens (primary N) is 1. The highest BCUT2D eigenvalue weighted by Gasteiger charge is 2.38. The van der Waals surface area contributed by atoms with Crippen LogP contribution in [0.3, 0.4) is 0 Å². The average Bonchev–Trinajstić information content (AvgIpc) is 2.31.